The number of methoxy groups -OCH3 is 1. The second-order valence-electron chi connectivity index (χ2n) is 4.68. The topological polar surface area (TPSA) is 50.7 Å². The van der Waals surface area contributed by atoms with Gasteiger partial charge in [0.15, 0.2) is 5.17 Å². The second-order valence-corrected chi connectivity index (χ2v) is 5.71. The molecule has 116 valence electrons. The number of aliphatic imine (C=N–C) groups is 1. The number of thioether (sulfide) groups is 1. The Labute approximate surface area is 137 Å². The predicted octanol–water partition coefficient (Wildman–Crippen LogP) is 3.73. The van der Waals surface area contributed by atoms with Crippen molar-refractivity contribution in [2.24, 2.45) is 4.99 Å². The number of carbonyl (C=O) groups is 1. The van der Waals surface area contributed by atoms with Crippen LogP contribution in [0.5, 0.6) is 5.75 Å². The molecule has 23 heavy (non-hydrogen) atoms. The monoisotopic (exact) mass is 328 g/mol. The van der Waals surface area contributed by atoms with E-state index in [1.54, 1.807) is 37.4 Å². The van der Waals surface area contributed by atoms with Crippen molar-refractivity contribution in [3.63, 3.8) is 0 Å². The number of rotatable bonds is 3. The summed E-state index contributed by atoms with van der Waals surface area (Å²) in [6.07, 6.45) is 1.51. The Bertz CT molecular complexity index is 818. The molecule has 0 aromatic heterocycles. The molecule has 1 saturated heterocycles. The van der Waals surface area contributed by atoms with Crippen LogP contribution in [0.1, 0.15) is 5.56 Å². The Balaban J connectivity index is 1.88. The largest absolute Gasteiger partial charge is 0.494 e. The van der Waals surface area contributed by atoms with Crippen LogP contribution in [0.2, 0.25) is 0 Å². The summed E-state index contributed by atoms with van der Waals surface area (Å²) in [4.78, 5) is 16.8. The highest BCUT2D eigenvalue weighted by Crippen LogP contribution is 2.32. The molecule has 0 aliphatic carbocycles. The quantitative estimate of drug-likeness (QED) is 0.874. The highest BCUT2D eigenvalue weighted by Gasteiger charge is 2.24. The first-order valence-electron chi connectivity index (χ1n) is 6.84. The van der Waals surface area contributed by atoms with Gasteiger partial charge in [-0.15, -0.1) is 0 Å². The van der Waals surface area contributed by atoms with Crippen molar-refractivity contribution in [3.8, 4) is 5.75 Å². The molecular formula is C17H13FN2O2S. The molecule has 1 heterocycles. The standard InChI is InChI=1S/C17H13FN2O2S/c1-22-14-9-5-4-8-13(14)19-17-20-16(21)15(23-17)10-11-6-2-3-7-12(11)18/h2-10H,1H3,(H,19,20,21). The molecule has 1 amide bonds. The van der Waals surface area contributed by atoms with Gasteiger partial charge in [-0.1, -0.05) is 30.3 Å². The van der Waals surface area contributed by atoms with Crippen LogP contribution in [0.4, 0.5) is 10.1 Å². The first-order valence-corrected chi connectivity index (χ1v) is 7.66. The lowest BCUT2D eigenvalue weighted by Gasteiger charge is -2.03. The van der Waals surface area contributed by atoms with Crippen molar-refractivity contribution >= 4 is 34.6 Å². The molecule has 0 saturated carbocycles. The van der Waals surface area contributed by atoms with E-state index in [9.17, 15) is 9.18 Å². The Morgan fingerprint density at radius 1 is 1.17 bits per heavy atom. The lowest BCUT2D eigenvalue weighted by atomic mass is 10.2. The molecule has 0 unspecified atom stereocenters. The first kappa shape index (κ1) is 15.3. The summed E-state index contributed by atoms with van der Waals surface area (Å²) < 4.78 is 18.9. The number of amidine groups is 1. The molecule has 6 heteroatoms. The maximum Gasteiger partial charge on any atom is 0.264 e. The summed E-state index contributed by atoms with van der Waals surface area (Å²) in [7, 11) is 1.56. The van der Waals surface area contributed by atoms with Gasteiger partial charge in [-0.3, -0.25) is 4.79 Å². The highest BCUT2D eigenvalue weighted by molar-refractivity contribution is 8.18. The number of carbonyl (C=O) groups excluding carboxylic acids is 1. The minimum absolute atomic E-state index is 0.299. The lowest BCUT2D eigenvalue weighted by molar-refractivity contribution is -0.115. The average Bonchev–Trinajstić information content (AvgIpc) is 2.89. The van der Waals surface area contributed by atoms with Gasteiger partial charge in [0.1, 0.15) is 17.3 Å². The Morgan fingerprint density at radius 2 is 1.91 bits per heavy atom. The SMILES string of the molecule is COc1ccccc1N=C1NC(=O)C(=Cc2ccccc2F)S1. The summed E-state index contributed by atoms with van der Waals surface area (Å²) in [5, 5.41) is 3.10. The van der Waals surface area contributed by atoms with E-state index in [0.29, 0.717) is 27.1 Å². The van der Waals surface area contributed by atoms with Crippen LogP contribution in [0, 0.1) is 5.82 Å². The summed E-state index contributed by atoms with van der Waals surface area (Å²) in [5.41, 5.74) is 0.980. The number of halogens is 1. The van der Waals surface area contributed by atoms with Crippen LogP contribution < -0.4 is 10.1 Å². The molecule has 0 spiro atoms. The third kappa shape index (κ3) is 3.43. The molecule has 2 aromatic rings. The molecular weight excluding hydrogens is 315 g/mol. The minimum Gasteiger partial charge on any atom is -0.494 e. The predicted molar refractivity (Wildman–Crippen MR) is 90.2 cm³/mol. The minimum atomic E-state index is -0.372. The Morgan fingerprint density at radius 3 is 2.70 bits per heavy atom. The first-order chi connectivity index (χ1) is 11.2. The van der Waals surface area contributed by atoms with Crippen LogP contribution in [-0.2, 0) is 4.79 Å². The van der Waals surface area contributed by atoms with Gasteiger partial charge in [0.25, 0.3) is 5.91 Å². The van der Waals surface area contributed by atoms with Crippen molar-refractivity contribution in [2.45, 2.75) is 0 Å². The number of amides is 1. The van der Waals surface area contributed by atoms with Gasteiger partial charge in [-0.05, 0) is 36.0 Å². The summed E-state index contributed by atoms with van der Waals surface area (Å²) >= 11 is 1.16. The smallest absolute Gasteiger partial charge is 0.264 e. The Kier molecular flexibility index (Phi) is 4.43. The van der Waals surface area contributed by atoms with E-state index in [4.69, 9.17) is 4.74 Å². The van der Waals surface area contributed by atoms with Crippen LogP contribution in [0.3, 0.4) is 0 Å². The van der Waals surface area contributed by atoms with E-state index in [-0.39, 0.29) is 11.7 Å². The third-order valence-electron chi connectivity index (χ3n) is 3.15. The van der Waals surface area contributed by atoms with Gasteiger partial charge < -0.3 is 10.1 Å². The molecule has 0 bridgehead atoms. The van der Waals surface area contributed by atoms with Crippen molar-refractivity contribution < 1.29 is 13.9 Å². The van der Waals surface area contributed by atoms with Crippen LogP contribution in [0.15, 0.2) is 58.4 Å². The maximum atomic E-state index is 13.7. The number of hydrogen-bond acceptors (Lipinski definition) is 4. The summed E-state index contributed by atoms with van der Waals surface area (Å²) in [6, 6.07) is 13.5. The molecule has 1 aliphatic rings. The zero-order valence-electron chi connectivity index (χ0n) is 12.2. The van der Waals surface area contributed by atoms with Crippen molar-refractivity contribution in [2.75, 3.05) is 7.11 Å². The van der Waals surface area contributed by atoms with Gasteiger partial charge in [-0.2, -0.15) is 0 Å². The van der Waals surface area contributed by atoms with E-state index in [1.165, 1.54) is 12.1 Å². The third-order valence-corrected chi connectivity index (χ3v) is 4.06. The lowest BCUT2D eigenvalue weighted by Crippen LogP contribution is -2.19. The maximum absolute atomic E-state index is 13.7. The normalized spacial score (nSPS) is 17.6. The molecule has 2 aromatic carbocycles. The van der Waals surface area contributed by atoms with Gasteiger partial charge in [0, 0.05) is 5.56 Å². The molecule has 3 rings (SSSR count). The van der Waals surface area contributed by atoms with Crippen molar-refractivity contribution in [1.82, 2.24) is 5.32 Å². The number of benzene rings is 2. The fourth-order valence-corrected chi connectivity index (χ4v) is 2.87. The van der Waals surface area contributed by atoms with Gasteiger partial charge in [0.2, 0.25) is 0 Å². The fraction of sp³-hybridized carbons (Fsp3) is 0.0588. The molecule has 1 fully saturated rings. The fourth-order valence-electron chi connectivity index (χ4n) is 2.05. The molecule has 1 aliphatic heterocycles. The van der Waals surface area contributed by atoms with Gasteiger partial charge in [-0.25, -0.2) is 9.38 Å². The summed E-state index contributed by atoms with van der Waals surface area (Å²) in [5.74, 6) is -0.0585. The van der Waals surface area contributed by atoms with E-state index in [1.807, 2.05) is 12.1 Å². The van der Waals surface area contributed by atoms with E-state index >= 15 is 0 Å². The van der Waals surface area contributed by atoms with E-state index in [2.05, 4.69) is 10.3 Å². The zero-order valence-corrected chi connectivity index (χ0v) is 13.1. The van der Waals surface area contributed by atoms with Crippen LogP contribution in [0.25, 0.3) is 6.08 Å². The number of para-hydroxylation sites is 2. The van der Waals surface area contributed by atoms with Crippen LogP contribution >= 0.6 is 11.8 Å². The summed E-state index contributed by atoms with van der Waals surface area (Å²) in [6.45, 7) is 0. The number of nitrogens with zero attached hydrogens (tertiary/aromatic N) is 1. The van der Waals surface area contributed by atoms with E-state index in [0.717, 1.165) is 11.8 Å². The number of hydrogen-bond donors (Lipinski definition) is 1. The van der Waals surface area contributed by atoms with Gasteiger partial charge >= 0.3 is 0 Å². The molecule has 1 N–H and O–H groups in total. The van der Waals surface area contributed by atoms with Crippen molar-refractivity contribution in [3.05, 3.63) is 64.8 Å². The van der Waals surface area contributed by atoms with Crippen molar-refractivity contribution in [1.29, 1.82) is 0 Å². The average molecular weight is 328 g/mol. The number of ether oxygens (including phenoxy) is 1. The molecule has 4 nitrogen and oxygen atoms in total. The van der Waals surface area contributed by atoms with Gasteiger partial charge in [0.05, 0.1) is 12.0 Å². The highest BCUT2D eigenvalue weighted by atomic mass is 32.2. The number of nitrogens with one attached hydrogen (secondary N) is 1. The molecule has 0 atom stereocenters. The van der Waals surface area contributed by atoms with Crippen LogP contribution in [-0.4, -0.2) is 18.2 Å². The Hall–Kier alpha value is -2.60. The van der Waals surface area contributed by atoms with E-state index < -0.39 is 0 Å². The zero-order chi connectivity index (χ0) is 16.2. The molecule has 0 radical (unpaired) electrons. The second kappa shape index (κ2) is 6.66.